The van der Waals surface area contributed by atoms with Gasteiger partial charge in [0.25, 0.3) is 0 Å². The molecule has 18 heavy (non-hydrogen) atoms. The number of nitrogens with zero attached hydrogens (tertiary/aromatic N) is 4. The van der Waals surface area contributed by atoms with E-state index in [4.69, 9.17) is 9.15 Å². The Labute approximate surface area is 100 Å². The van der Waals surface area contributed by atoms with Crippen molar-refractivity contribution in [2.45, 2.75) is 6.54 Å². The van der Waals surface area contributed by atoms with Gasteiger partial charge in [0, 0.05) is 5.10 Å². The first-order valence-corrected chi connectivity index (χ1v) is 4.90. The van der Waals surface area contributed by atoms with Crippen molar-refractivity contribution in [3.63, 3.8) is 0 Å². The van der Waals surface area contributed by atoms with Crippen molar-refractivity contribution in [3.05, 3.63) is 40.6 Å². The quantitative estimate of drug-likeness (QED) is 0.435. The Hall–Kier alpha value is -2.71. The van der Waals surface area contributed by atoms with Crippen LogP contribution in [-0.2, 0) is 11.3 Å². The lowest BCUT2D eigenvalue weighted by Gasteiger charge is -2.00. The summed E-state index contributed by atoms with van der Waals surface area (Å²) in [5.74, 6) is -1.02. The monoisotopic (exact) mass is 252 g/mol. The summed E-state index contributed by atoms with van der Waals surface area (Å²) in [5, 5.41) is 13.9. The van der Waals surface area contributed by atoms with Gasteiger partial charge in [0.15, 0.2) is 0 Å². The number of carbonyl (C=O) groups is 1. The predicted molar refractivity (Wildman–Crippen MR) is 55.7 cm³/mol. The molecule has 0 N–H and O–H groups in total. The summed E-state index contributed by atoms with van der Waals surface area (Å²) < 4.78 is 10.9. The molecule has 0 aliphatic heterocycles. The second-order valence-electron chi connectivity index (χ2n) is 3.21. The third-order valence-corrected chi connectivity index (χ3v) is 2.00. The molecule has 0 amide bonds. The van der Waals surface area contributed by atoms with Crippen molar-refractivity contribution in [2.24, 2.45) is 0 Å². The van der Waals surface area contributed by atoms with Gasteiger partial charge in [-0.05, 0) is 11.0 Å². The fourth-order valence-electron chi connectivity index (χ4n) is 1.17. The van der Waals surface area contributed by atoms with Gasteiger partial charge in [-0.3, -0.25) is 0 Å². The van der Waals surface area contributed by atoms with E-state index >= 15 is 0 Å². The van der Waals surface area contributed by atoms with Crippen molar-refractivity contribution in [2.75, 3.05) is 6.61 Å². The minimum Gasteiger partial charge on any atom is -0.472 e. The van der Waals surface area contributed by atoms with Crippen molar-refractivity contribution < 1.29 is 18.9 Å². The van der Waals surface area contributed by atoms with Crippen molar-refractivity contribution in [3.8, 4) is 0 Å². The molecule has 2 aromatic rings. The Morgan fingerprint density at radius 2 is 2.44 bits per heavy atom. The standard InChI is InChI=1S/C9H8N4O5/c14-8(7-1-3-17-5-7)18-4-2-12-6-10-9(11-12)13(15)16/h1,3,5-6H,2,4H2. The van der Waals surface area contributed by atoms with Gasteiger partial charge in [-0.25, -0.2) is 4.79 Å². The van der Waals surface area contributed by atoms with Crippen LogP contribution < -0.4 is 0 Å². The van der Waals surface area contributed by atoms with Crippen LogP contribution in [0.4, 0.5) is 5.95 Å². The molecule has 0 radical (unpaired) electrons. The number of aromatic nitrogens is 3. The topological polar surface area (TPSA) is 113 Å². The van der Waals surface area contributed by atoms with Crippen molar-refractivity contribution in [1.82, 2.24) is 14.8 Å². The van der Waals surface area contributed by atoms with E-state index in [0.29, 0.717) is 5.56 Å². The Kier molecular flexibility index (Phi) is 3.32. The van der Waals surface area contributed by atoms with Crippen molar-refractivity contribution >= 4 is 11.9 Å². The van der Waals surface area contributed by atoms with Gasteiger partial charge in [-0.1, -0.05) is 4.98 Å². The highest BCUT2D eigenvalue weighted by molar-refractivity contribution is 5.88. The Bertz CT molecular complexity index is 547. The van der Waals surface area contributed by atoms with Crippen LogP contribution >= 0.6 is 0 Å². The summed E-state index contributed by atoms with van der Waals surface area (Å²) >= 11 is 0. The van der Waals surface area contributed by atoms with E-state index in [2.05, 4.69) is 10.1 Å². The number of nitro groups is 1. The molecular formula is C9H8N4O5. The van der Waals surface area contributed by atoms with Crippen LogP contribution in [0.1, 0.15) is 10.4 Å². The summed E-state index contributed by atoms with van der Waals surface area (Å²) in [5.41, 5.74) is 0.305. The van der Waals surface area contributed by atoms with E-state index < -0.39 is 16.8 Å². The largest absolute Gasteiger partial charge is 0.490 e. The van der Waals surface area contributed by atoms with Gasteiger partial charge >= 0.3 is 11.9 Å². The summed E-state index contributed by atoms with van der Waals surface area (Å²) in [6.45, 7) is 0.217. The Balaban J connectivity index is 1.81. The second-order valence-corrected chi connectivity index (χ2v) is 3.21. The van der Waals surface area contributed by atoms with Crippen LogP contribution in [0.3, 0.4) is 0 Å². The lowest BCUT2D eigenvalue weighted by molar-refractivity contribution is -0.394. The van der Waals surface area contributed by atoms with Crippen LogP contribution in [0, 0.1) is 10.1 Å². The number of ether oxygens (including phenoxy) is 1. The minimum absolute atomic E-state index is 0.0323. The summed E-state index contributed by atoms with van der Waals surface area (Å²) in [6.07, 6.45) is 3.82. The van der Waals surface area contributed by atoms with E-state index in [-0.39, 0.29) is 13.2 Å². The molecule has 0 unspecified atom stereocenters. The SMILES string of the molecule is O=C(OCCn1cnc([N+](=O)[O-])n1)c1ccoc1. The minimum atomic E-state index is -0.700. The number of hydrogen-bond acceptors (Lipinski definition) is 7. The van der Waals surface area contributed by atoms with Crippen LogP contribution in [-0.4, -0.2) is 32.3 Å². The zero-order valence-corrected chi connectivity index (χ0v) is 9.05. The van der Waals surface area contributed by atoms with E-state index in [1.165, 1.54) is 29.6 Å². The van der Waals surface area contributed by atoms with Gasteiger partial charge in [0.2, 0.25) is 6.33 Å². The molecule has 0 saturated carbocycles. The average molecular weight is 252 g/mol. The Morgan fingerprint density at radius 3 is 3.06 bits per heavy atom. The third kappa shape index (κ3) is 2.70. The van der Waals surface area contributed by atoms with E-state index in [1.807, 2.05) is 0 Å². The smallest absolute Gasteiger partial charge is 0.472 e. The fourth-order valence-corrected chi connectivity index (χ4v) is 1.17. The number of furan rings is 1. The highest BCUT2D eigenvalue weighted by Crippen LogP contribution is 2.03. The lowest BCUT2D eigenvalue weighted by Crippen LogP contribution is -2.11. The number of carbonyl (C=O) groups excluding carboxylic acids is 1. The molecule has 2 heterocycles. The highest BCUT2D eigenvalue weighted by atomic mass is 16.6. The van der Waals surface area contributed by atoms with Crippen LogP contribution in [0.25, 0.3) is 0 Å². The highest BCUT2D eigenvalue weighted by Gasteiger charge is 2.13. The second kappa shape index (κ2) is 5.08. The molecule has 0 aliphatic rings. The average Bonchev–Trinajstić information content (AvgIpc) is 3.00. The van der Waals surface area contributed by atoms with Gasteiger partial charge in [0.05, 0.1) is 18.4 Å². The zero-order chi connectivity index (χ0) is 13.0. The van der Waals surface area contributed by atoms with E-state index in [9.17, 15) is 14.9 Å². The summed E-state index contributed by atoms with van der Waals surface area (Å²) in [7, 11) is 0. The molecule has 9 nitrogen and oxygen atoms in total. The van der Waals surface area contributed by atoms with Crippen LogP contribution in [0.2, 0.25) is 0 Å². The molecule has 0 atom stereocenters. The molecule has 0 spiro atoms. The van der Waals surface area contributed by atoms with E-state index in [0.717, 1.165) is 0 Å². The van der Waals surface area contributed by atoms with Crippen LogP contribution in [0.5, 0.6) is 0 Å². The molecule has 2 aromatic heterocycles. The van der Waals surface area contributed by atoms with Gasteiger partial charge in [0.1, 0.15) is 12.9 Å². The molecule has 94 valence electrons. The third-order valence-electron chi connectivity index (χ3n) is 2.00. The van der Waals surface area contributed by atoms with Crippen LogP contribution in [0.15, 0.2) is 29.3 Å². The maximum atomic E-state index is 11.4. The molecule has 0 fully saturated rings. The zero-order valence-electron chi connectivity index (χ0n) is 9.05. The maximum Gasteiger partial charge on any atom is 0.490 e. The maximum absolute atomic E-state index is 11.4. The predicted octanol–water partition coefficient (Wildman–Crippen LogP) is 0.636. The fraction of sp³-hybridized carbons (Fsp3) is 0.222. The first kappa shape index (κ1) is 11.8. The molecule has 0 saturated heterocycles. The lowest BCUT2D eigenvalue weighted by atomic mass is 10.3. The Morgan fingerprint density at radius 1 is 1.61 bits per heavy atom. The summed E-state index contributed by atoms with van der Waals surface area (Å²) in [4.78, 5) is 24.5. The van der Waals surface area contributed by atoms with Gasteiger partial charge < -0.3 is 19.3 Å². The van der Waals surface area contributed by atoms with Crippen molar-refractivity contribution in [1.29, 1.82) is 0 Å². The molecular weight excluding hydrogens is 244 g/mol. The molecule has 0 aliphatic carbocycles. The normalized spacial score (nSPS) is 10.2. The molecule has 0 bridgehead atoms. The van der Waals surface area contributed by atoms with E-state index in [1.54, 1.807) is 0 Å². The number of esters is 1. The van der Waals surface area contributed by atoms with Gasteiger partial charge in [-0.2, -0.15) is 4.68 Å². The first-order chi connectivity index (χ1) is 8.66. The van der Waals surface area contributed by atoms with Gasteiger partial charge in [-0.15, -0.1) is 0 Å². The first-order valence-electron chi connectivity index (χ1n) is 4.90. The summed E-state index contributed by atoms with van der Waals surface area (Å²) in [6, 6.07) is 1.47. The number of hydrogen-bond donors (Lipinski definition) is 0. The molecule has 2 rings (SSSR count). The number of rotatable bonds is 5. The molecule has 9 heteroatoms. The molecule has 0 aromatic carbocycles.